The zero-order valence-electron chi connectivity index (χ0n) is 10.7. The number of aliphatic carboxylic acids is 1. The van der Waals surface area contributed by atoms with Crippen LogP contribution in [0.5, 0.6) is 0 Å². The quantitative estimate of drug-likeness (QED) is 0.632. The SMILES string of the molecule is CNC(CCCC(=O)O)c1ccc2[nH]c(=O)[nH]c2c1. The summed E-state index contributed by atoms with van der Waals surface area (Å²) in [5, 5.41) is 11.8. The van der Waals surface area contributed by atoms with Gasteiger partial charge in [-0.05, 0) is 37.6 Å². The van der Waals surface area contributed by atoms with Gasteiger partial charge in [0.2, 0.25) is 0 Å². The van der Waals surface area contributed by atoms with Crippen molar-refractivity contribution in [3.8, 4) is 0 Å². The van der Waals surface area contributed by atoms with Gasteiger partial charge >= 0.3 is 11.7 Å². The Labute approximate surface area is 109 Å². The predicted molar refractivity (Wildman–Crippen MR) is 72.2 cm³/mol. The van der Waals surface area contributed by atoms with Gasteiger partial charge in [-0.2, -0.15) is 0 Å². The van der Waals surface area contributed by atoms with E-state index in [1.807, 2.05) is 25.2 Å². The fourth-order valence-corrected chi connectivity index (χ4v) is 2.20. The number of rotatable bonds is 6. The Bertz CT molecular complexity index is 629. The molecule has 0 fully saturated rings. The first-order valence-electron chi connectivity index (χ1n) is 6.21. The molecule has 1 atom stereocenters. The van der Waals surface area contributed by atoms with Gasteiger partial charge in [0.1, 0.15) is 0 Å². The first kappa shape index (κ1) is 13.4. The Morgan fingerprint density at radius 1 is 1.37 bits per heavy atom. The van der Waals surface area contributed by atoms with Crippen molar-refractivity contribution in [1.82, 2.24) is 15.3 Å². The molecule has 2 rings (SSSR count). The molecule has 0 saturated heterocycles. The van der Waals surface area contributed by atoms with Gasteiger partial charge in [0.05, 0.1) is 11.0 Å². The molecule has 0 bridgehead atoms. The highest BCUT2D eigenvalue weighted by Gasteiger charge is 2.11. The number of hydrogen-bond donors (Lipinski definition) is 4. The third kappa shape index (κ3) is 3.23. The van der Waals surface area contributed by atoms with Crippen LogP contribution in [0.1, 0.15) is 30.9 Å². The highest BCUT2D eigenvalue weighted by molar-refractivity contribution is 5.75. The number of carboxylic acids is 1. The zero-order valence-corrected chi connectivity index (χ0v) is 10.7. The van der Waals surface area contributed by atoms with Crippen LogP contribution < -0.4 is 11.0 Å². The van der Waals surface area contributed by atoms with Crippen LogP contribution in [0.2, 0.25) is 0 Å². The van der Waals surface area contributed by atoms with Crippen molar-refractivity contribution in [3.63, 3.8) is 0 Å². The highest BCUT2D eigenvalue weighted by Crippen LogP contribution is 2.21. The highest BCUT2D eigenvalue weighted by atomic mass is 16.4. The molecule has 0 radical (unpaired) electrons. The Balaban J connectivity index is 2.15. The molecular formula is C13H17N3O3. The summed E-state index contributed by atoms with van der Waals surface area (Å²) in [5.41, 5.74) is 2.35. The number of fused-ring (bicyclic) bond motifs is 1. The summed E-state index contributed by atoms with van der Waals surface area (Å²) in [6.07, 6.45) is 1.52. The van der Waals surface area contributed by atoms with E-state index in [-0.39, 0.29) is 18.2 Å². The Morgan fingerprint density at radius 3 is 2.79 bits per heavy atom. The topological polar surface area (TPSA) is 98.0 Å². The molecule has 1 heterocycles. The number of imidazole rings is 1. The lowest BCUT2D eigenvalue weighted by molar-refractivity contribution is -0.137. The molecule has 0 aliphatic rings. The molecule has 1 aromatic carbocycles. The number of H-pyrrole nitrogens is 2. The van der Waals surface area contributed by atoms with Crippen LogP contribution in [0.3, 0.4) is 0 Å². The summed E-state index contributed by atoms with van der Waals surface area (Å²) in [6.45, 7) is 0. The molecule has 0 saturated carbocycles. The van der Waals surface area contributed by atoms with E-state index >= 15 is 0 Å². The van der Waals surface area contributed by atoms with Crippen molar-refractivity contribution < 1.29 is 9.90 Å². The monoisotopic (exact) mass is 263 g/mol. The fourth-order valence-electron chi connectivity index (χ4n) is 2.20. The van der Waals surface area contributed by atoms with Gasteiger partial charge in [0, 0.05) is 12.5 Å². The smallest absolute Gasteiger partial charge is 0.323 e. The molecule has 1 aromatic heterocycles. The van der Waals surface area contributed by atoms with Gasteiger partial charge in [-0.25, -0.2) is 4.79 Å². The van der Waals surface area contributed by atoms with Crippen LogP contribution >= 0.6 is 0 Å². The summed E-state index contributed by atoms with van der Waals surface area (Å²) in [5.74, 6) is -0.778. The van der Waals surface area contributed by atoms with E-state index in [0.29, 0.717) is 6.42 Å². The molecule has 102 valence electrons. The van der Waals surface area contributed by atoms with Crippen molar-refractivity contribution in [2.24, 2.45) is 0 Å². The molecule has 0 amide bonds. The van der Waals surface area contributed by atoms with E-state index in [4.69, 9.17) is 5.11 Å². The predicted octanol–water partition coefficient (Wildman–Crippen LogP) is 1.37. The third-order valence-corrected chi connectivity index (χ3v) is 3.17. The lowest BCUT2D eigenvalue weighted by atomic mass is 10.0. The minimum atomic E-state index is -0.778. The minimum absolute atomic E-state index is 0.0853. The van der Waals surface area contributed by atoms with Crippen molar-refractivity contribution in [2.45, 2.75) is 25.3 Å². The Morgan fingerprint density at radius 2 is 2.11 bits per heavy atom. The number of carbonyl (C=O) groups is 1. The van der Waals surface area contributed by atoms with Crippen molar-refractivity contribution >= 4 is 17.0 Å². The van der Waals surface area contributed by atoms with Gasteiger partial charge < -0.3 is 20.4 Å². The van der Waals surface area contributed by atoms with Crippen LogP contribution in [-0.2, 0) is 4.79 Å². The zero-order chi connectivity index (χ0) is 13.8. The van der Waals surface area contributed by atoms with Crippen molar-refractivity contribution in [1.29, 1.82) is 0 Å². The van der Waals surface area contributed by atoms with Gasteiger partial charge in [0.15, 0.2) is 0 Å². The normalized spacial score (nSPS) is 12.7. The Hall–Kier alpha value is -2.08. The molecule has 6 nitrogen and oxygen atoms in total. The maximum Gasteiger partial charge on any atom is 0.323 e. The first-order chi connectivity index (χ1) is 9.10. The molecule has 0 aliphatic heterocycles. The van der Waals surface area contributed by atoms with Crippen LogP contribution in [0.15, 0.2) is 23.0 Å². The molecule has 6 heteroatoms. The standard InChI is InChI=1S/C13H17N3O3/c1-14-9(3-2-4-12(17)18)8-5-6-10-11(7-8)16-13(19)15-10/h5-7,9,14H,2-4H2,1H3,(H,17,18)(H2,15,16,19). The van der Waals surface area contributed by atoms with Crippen molar-refractivity contribution in [3.05, 3.63) is 34.2 Å². The van der Waals surface area contributed by atoms with E-state index in [1.165, 1.54) is 0 Å². The molecule has 2 aromatic rings. The lowest BCUT2D eigenvalue weighted by Crippen LogP contribution is -2.16. The minimum Gasteiger partial charge on any atom is -0.481 e. The Kier molecular flexibility index (Phi) is 4.01. The number of benzene rings is 1. The maximum absolute atomic E-state index is 11.2. The van der Waals surface area contributed by atoms with Gasteiger partial charge in [-0.3, -0.25) is 4.79 Å². The van der Waals surface area contributed by atoms with E-state index in [2.05, 4.69) is 15.3 Å². The van der Waals surface area contributed by atoms with Crippen LogP contribution in [-0.4, -0.2) is 28.1 Å². The third-order valence-electron chi connectivity index (χ3n) is 3.17. The van der Waals surface area contributed by atoms with Gasteiger partial charge in [-0.1, -0.05) is 6.07 Å². The summed E-state index contributed by atoms with van der Waals surface area (Å²) in [6, 6.07) is 5.79. The van der Waals surface area contributed by atoms with Gasteiger partial charge in [-0.15, -0.1) is 0 Å². The molecule has 0 spiro atoms. The number of nitrogens with one attached hydrogen (secondary N) is 3. The second kappa shape index (κ2) is 5.71. The van der Waals surface area contributed by atoms with Crippen LogP contribution in [0.25, 0.3) is 11.0 Å². The number of hydrogen-bond acceptors (Lipinski definition) is 3. The van der Waals surface area contributed by atoms with E-state index in [9.17, 15) is 9.59 Å². The molecule has 1 unspecified atom stereocenters. The van der Waals surface area contributed by atoms with Crippen molar-refractivity contribution in [2.75, 3.05) is 7.05 Å². The number of aromatic amines is 2. The average molecular weight is 263 g/mol. The second-order valence-corrected chi connectivity index (χ2v) is 4.51. The van der Waals surface area contributed by atoms with E-state index in [0.717, 1.165) is 23.0 Å². The maximum atomic E-state index is 11.2. The summed E-state index contributed by atoms with van der Waals surface area (Å²) in [7, 11) is 1.84. The number of carboxylic acid groups (broad SMARTS) is 1. The average Bonchev–Trinajstić information content (AvgIpc) is 2.73. The lowest BCUT2D eigenvalue weighted by Gasteiger charge is -2.16. The summed E-state index contributed by atoms with van der Waals surface area (Å²) in [4.78, 5) is 27.1. The second-order valence-electron chi connectivity index (χ2n) is 4.51. The molecular weight excluding hydrogens is 246 g/mol. The summed E-state index contributed by atoms with van der Waals surface area (Å²) < 4.78 is 0. The molecule has 4 N–H and O–H groups in total. The van der Waals surface area contributed by atoms with E-state index < -0.39 is 5.97 Å². The summed E-state index contributed by atoms with van der Waals surface area (Å²) >= 11 is 0. The largest absolute Gasteiger partial charge is 0.481 e. The molecule has 19 heavy (non-hydrogen) atoms. The number of aromatic nitrogens is 2. The first-order valence-corrected chi connectivity index (χ1v) is 6.21. The van der Waals surface area contributed by atoms with Crippen LogP contribution in [0, 0.1) is 0 Å². The molecule has 0 aliphatic carbocycles. The fraction of sp³-hybridized carbons (Fsp3) is 0.385. The van der Waals surface area contributed by atoms with E-state index in [1.54, 1.807) is 0 Å². The van der Waals surface area contributed by atoms with Gasteiger partial charge in [0.25, 0.3) is 0 Å². The van der Waals surface area contributed by atoms with Crippen LogP contribution in [0.4, 0.5) is 0 Å².